The van der Waals surface area contributed by atoms with Crippen LogP contribution < -0.4 is 0 Å². The standard InChI is InChI=1S/C16H29NO4/c1-5-6-7-16(4)20-10-12(21-16)9-17-14(18)8-13(11(2)3)15(17)19/h11-13,15,19H,5-10H2,1-4H3. The lowest BCUT2D eigenvalue weighted by atomic mass is 9.94. The van der Waals surface area contributed by atoms with Crippen LogP contribution in [0.2, 0.25) is 0 Å². The van der Waals surface area contributed by atoms with Gasteiger partial charge in [0.15, 0.2) is 5.79 Å². The van der Waals surface area contributed by atoms with Gasteiger partial charge in [0.05, 0.1) is 13.2 Å². The number of nitrogens with zero attached hydrogens (tertiary/aromatic N) is 1. The summed E-state index contributed by atoms with van der Waals surface area (Å²) in [4.78, 5) is 13.7. The summed E-state index contributed by atoms with van der Waals surface area (Å²) in [6.45, 7) is 9.10. The first kappa shape index (κ1) is 16.7. The van der Waals surface area contributed by atoms with Crippen LogP contribution in [-0.4, -0.2) is 47.2 Å². The van der Waals surface area contributed by atoms with Gasteiger partial charge in [-0.25, -0.2) is 0 Å². The van der Waals surface area contributed by atoms with Crippen LogP contribution in [0.4, 0.5) is 0 Å². The SMILES string of the molecule is CCCCC1(C)OCC(CN2C(=O)CC(C(C)C)C2O)O1. The number of ether oxygens (including phenoxy) is 2. The van der Waals surface area contributed by atoms with Crippen LogP contribution in [0, 0.1) is 11.8 Å². The molecule has 4 unspecified atom stereocenters. The van der Waals surface area contributed by atoms with Crippen molar-refractivity contribution in [2.75, 3.05) is 13.2 Å². The normalized spacial score (nSPS) is 37.0. The molecule has 0 radical (unpaired) electrons. The molecule has 21 heavy (non-hydrogen) atoms. The van der Waals surface area contributed by atoms with Gasteiger partial charge in [0.25, 0.3) is 0 Å². The van der Waals surface area contributed by atoms with Crippen LogP contribution >= 0.6 is 0 Å². The van der Waals surface area contributed by atoms with E-state index in [0.29, 0.717) is 25.5 Å². The second-order valence-electron chi connectivity index (χ2n) is 6.86. The maximum absolute atomic E-state index is 12.1. The largest absolute Gasteiger partial charge is 0.373 e. The molecular formula is C16H29NO4. The summed E-state index contributed by atoms with van der Waals surface area (Å²) >= 11 is 0. The van der Waals surface area contributed by atoms with Crippen molar-refractivity contribution in [3.63, 3.8) is 0 Å². The van der Waals surface area contributed by atoms with Gasteiger partial charge in [0.1, 0.15) is 12.3 Å². The predicted molar refractivity (Wildman–Crippen MR) is 79.4 cm³/mol. The number of carbonyl (C=O) groups is 1. The lowest BCUT2D eigenvalue weighted by Gasteiger charge is -2.28. The monoisotopic (exact) mass is 299 g/mol. The quantitative estimate of drug-likeness (QED) is 0.816. The van der Waals surface area contributed by atoms with Crippen LogP contribution in [0.15, 0.2) is 0 Å². The number of rotatable bonds is 6. The van der Waals surface area contributed by atoms with E-state index in [9.17, 15) is 9.90 Å². The zero-order valence-electron chi connectivity index (χ0n) is 13.7. The van der Waals surface area contributed by atoms with E-state index in [0.717, 1.165) is 19.3 Å². The molecule has 5 nitrogen and oxygen atoms in total. The highest BCUT2D eigenvalue weighted by Gasteiger charge is 2.44. The molecule has 0 spiro atoms. The van der Waals surface area contributed by atoms with E-state index in [-0.39, 0.29) is 17.9 Å². The number of unbranched alkanes of at least 4 members (excludes halogenated alkanes) is 1. The lowest BCUT2D eigenvalue weighted by molar-refractivity contribution is -0.165. The zero-order valence-corrected chi connectivity index (χ0v) is 13.7. The molecule has 0 aromatic heterocycles. The summed E-state index contributed by atoms with van der Waals surface area (Å²) in [7, 11) is 0. The van der Waals surface area contributed by atoms with Gasteiger partial charge < -0.3 is 19.5 Å². The third-order valence-corrected chi connectivity index (χ3v) is 4.66. The molecule has 2 aliphatic heterocycles. The van der Waals surface area contributed by atoms with Crippen LogP contribution in [0.3, 0.4) is 0 Å². The molecule has 4 atom stereocenters. The van der Waals surface area contributed by atoms with E-state index < -0.39 is 12.0 Å². The van der Waals surface area contributed by atoms with E-state index in [1.807, 2.05) is 20.8 Å². The van der Waals surface area contributed by atoms with Crippen molar-refractivity contribution in [2.24, 2.45) is 11.8 Å². The van der Waals surface area contributed by atoms with Gasteiger partial charge in [0, 0.05) is 18.8 Å². The minimum atomic E-state index is -0.691. The van der Waals surface area contributed by atoms with Crippen molar-refractivity contribution in [3.8, 4) is 0 Å². The lowest BCUT2D eigenvalue weighted by Crippen LogP contribution is -2.42. The minimum absolute atomic E-state index is 0.0197. The van der Waals surface area contributed by atoms with Crippen molar-refractivity contribution in [2.45, 2.75) is 71.5 Å². The summed E-state index contributed by atoms with van der Waals surface area (Å²) in [5.74, 6) is -0.200. The Morgan fingerprint density at radius 3 is 2.76 bits per heavy atom. The molecule has 1 amide bonds. The molecule has 0 aliphatic carbocycles. The van der Waals surface area contributed by atoms with Gasteiger partial charge >= 0.3 is 0 Å². The highest BCUT2D eigenvalue weighted by atomic mass is 16.7. The number of likely N-dealkylation sites (tertiary alicyclic amines) is 1. The topological polar surface area (TPSA) is 59.0 Å². The smallest absolute Gasteiger partial charge is 0.225 e. The van der Waals surface area contributed by atoms with Crippen LogP contribution in [0.5, 0.6) is 0 Å². The molecule has 2 heterocycles. The van der Waals surface area contributed by atoms with Gasteiger partial charge in [-0.1, -0.05) is 27.2 Å². The first-order valence-corrected chi connectivity index (χ1v) is 8.15. The van der Waals surface area contributed by atoms with E-state index in [2.05, 4.69) is 6.92 Å². The number of carbonyl (C=O) groups excluding carboxylic acids is 1. The highest BCUT2D eigenvalue weighted by Crippen LogP contribution is 2.33. The fourth-order valence-electron chi connectivity index (χ4n) is 3.22. The fraction of sp³-hybridized carbons (Fsp3) is 0.938. The number of hydrogen-bond donors (Lipinski definition) is 1. The average Bonchev–Trinajstić information content (AvgIpc) is 2.92. The predicted octanol–water partition coefficient (Wildman–Crippen LogP) is 2.13. The Balaban J connectivity index is 1.90. The molecule has 122 valence electrons. The minimum Gasteiger partial charge on any atom is -0.373 e. The maximum atomic E-state index is 12.1. The number of aliphatic hydroxyl groups is 1. The molecule has 2 saturated heterocycles. The van der Waals surface area contributed by atoms with Crippen LogP contribution in [0.1, 0.15) is 53.4 Å². The third-order valence-electron chi connectivity index (χ3n) is 4.66. The second-order valence-corrected chi connectivity index (χ2v) is 6.86. The molecule has 5 heteroatoms. The summed E-state index contributed by atoms with van der Waals surface area (Å²) in [5.41, 5.74) is 0. The third kappa shape index (κ3) is 3.76. The Kier molecular flexibility index (Phi) is 5.28. The molecule has 0 bridgehead atoms. The second kappa shape index (κ2) is 6.63. The van der Waals surface area contributed by atoms with Crippen LogP contribution in [0.25, 0.3) is 0 Å². The Morgan fingerprint density at radius 2 is 2.19 bits per heavy atom. The Bertz CT molecular complexity index is 373. The number of amides is 1. The molecule has 2 fully saturated rings. The van der Waals surface area contributed by atoms with Crippen molar-refractivity contribution in [1.82, 2.24) is 4.90 Å². The number of aliphatic hydroxyl groups excluding tert-OH is 1. The first-order chi connectivity index (χ1) is 9.86. The van der Waals surface area contributed by atoms with Crippen molar-refractivity contribution in [1.29, 1.82) is 0 Å². The molecule has 0 aromatic carbocycles. The molecule has 2 rings (SSSR count). The number of hydrogen-bond acceptors (Lipinski definition) is 4. The molecule has 1 N–H and O–H groups in total. The first-order valence-electron chi connectivity index (χ1n) is 8.15. The Labute approximate surface area is 127 Å². The highest BCUT2D eigenvalue weighted by molar-refractivity contribution is 5.79. The molecular weight excluding hydrogens is 270 g/mol. The fourth-order valence-corrected chi connectivity index (χ4v) is 3.22. The van der Waals surface area contributed by atoms with Gasteiger partial charge in [0.2, 0.25) is 5.91 Å². The van der Waals surface area contributed by atoms with E-state index in [4.69, 9.17) is 9.47 Å². The van der Waals surface area contributed by atoms with E-state index in [1.54, 1.807) is 4.90 Å². The maximum Gasteiger partial charge on any atom is 0.225 e. The van der Waals surface area contributed by atoms with Gasteiger partial charge in [-0.05, 0) is 19.3 Å². The zero-order chi connectivity index (χ0) is 15.6. The Hall–Kier alpha value is -0.650. The summed E-state index contributed by atoms with van der Waals surface area (Å²) < 4.78 is 11.7. The summed E-state index contributed by atoms with van der Waals surface area (Å²) in [6, 6.07) is 0. The van der Waals surface area contributed by atoms with Crippen molar-refractivity contribution < 1.29 is 19.4 Å². The molecule has 0 aromatic rings. The van der Waals surface area contributed by atoms with Crippen molar-refractivity contribution in [3.05, 3.63) is 0 Å². The van der Waals surface area contributed by atoms with Crippen molar-refractivity contribution >= 4 is 5.91 Å². The van der Waals surface area contributed by atoms with Gasteiger partial charge in [-0.15, -0.1) is 0 Å². The molecule has 2 aliphatic rings. The van der Waals surface area contributed by atoms with Crippen LogP contribution in [-0.2, 0) is 14.3 Å². The summed E-state index contributed by atoms with van der Waals surface area (Å²) in [6.07, 6.45) is 2.63. The average molecular weight is 299 g/mol. The van der Waals surface area contributed by atoms with E-state index >= 15 is 0 Å². The molecule has 0 saturated carbocycles. The van der Waals surface area contributed by atoms with E-state index in [1.165, 1.54) is 0 Å². The van der Waals surface area contributed by atoms with Gasteiger partial charge in [-0.2, -0.15) is 0 Å². The summed E-state index contributed by atoms with van der Waals surface area (Å²) in [5, 5.41) is 10.3. The Morgan fingerprint density at radius 1 is 1.48 bits per heavy atom. The van der Waals surface area contributed by atoms with Gasteiger partial charge in [-0.3, -0.25) is 4.79 Å².